The molecule has 0 aliphatic heterocycles. The Morgan fingerprint density at radius 2 is 1.78 bits per heavy atom. The van der Waals surface area contributed by atoms with Crippen molar-refractivity contribution in [2.24, 2.45) is 7.05 Å². The van der Waals surface area contributed by atoms with Crippen molar-refractivity contribution in [1.29, 1.82) is 0 Å². The number of nitrogens with zero attached hydrogens (tertiary/aromatic N) is 3. The minimum atomic E-state index is -0.225. The third-order valence-corrected chi connectivity index (χ3v) is 6.50. The van der Waals surface area contributed by atoms with Crippen LogP contribution in [0.4, 0.5) is 11.4 Å². The van der Waals surface area contributed by atoms with E-state index in [4.69, 9.17) is 16.3 Å². The van der Waals surface area contributed by atoms with Gasteiger partial charge in [-0.25, -0.2) is 0 Å². The quantitative estimate of drug-likeness (QED) is 0.217. The van der Waals surface area contributed by atoms with E-state index in [0.717, 1.165) is 11.1 Å². The van der Waals surface area contributed by atoms with Gasteiger partial charge in [-0.15, -0.1) is 10.2 Å². The Bertz CT molecular complexity index is 1420. The van der Waals surface area contributed by atoms with Crippen LogP contribution in [0.2, 0.25) is 5.02 Å². The minimum Gasteiger partial charge on any atom is -0.495 e. The molecule has 1 heterocycles. The van der Waals surface area contributed by atoms with Gasteiger partial charge in [-0.2, -0.15) is 0 Å². The summed E-state index contributed by atoms with van der Waals surface area (Å²) in [4.78, 5) is 24.7. The molecule has 0 bridgehead atoms. The molecule has 4 rings (SSSR count). The number of nitrogens with one attached hydrogen (secondary N) is 2. The summed E-state index contributed by atoms with van der Waals surface area (Å²) in [5, 5.41) is 15.2. The summed E-state index contributed by atoms with van der Waals surface area (Å²) in [6, 6.07) is 21.9. The van der Waals surface area contributed by atoms with Crippen LogP contribution >= 0.6 is 23.4 Å². The first-order chi connectivity index (χ1) is 17.9. The van der Waals surface area contributed by atoms with E-state index in [-0.39, 0.29) is 17.6 Å². The van der Waals surface area contributed by atoms with E-state index in [0.29, 0.717) is 33.1 Å². The topological polar surface area (TPSA) is 98.1 Å². The fraction of sp³-hybridized carbons (Fsp3) is 0.111. The summed E-state index contributed by atoms with van der Waals surface area (Å²) in [5.41, 5.74) is 2.94. The molecule has 0 atom stereocenters. The third-order valence-electron chi connectivity index (χ3n) is 5.24. The second kappa shape index (κ2) is 12.2. The maximum absolute atomic E-state index is 12.5. The van der Waals surface area contributed by atoms with Crippen LogP contribution in [0.5, 0.6) is 5.75 Å². The molecule has 0 unspecified atom stereocenters. The van der Waals surface area contributed by atoms with Crippen LogP contribution in [0.3, 0.4) is 0 Å². The van der Waals surface area contributed by atoms with Gasteiger partial charge in [0.1, 0.15) is 5.75 Å². The number of thioether (sulfide) groups is 1. The van der Waals surface area contributed by atoms with Gasteiger partial charge in [0, 0.05) is 29.4 Å². The van der Waals surface area contributed by atoms with Crippen molar-refractivity contribution in [2.75, 3.05) is 23.5 Å². The first kappa shape index (κ1) is 26.0. The molecule has 3 aromatic carbocycles. The van der Waals surface area contributed by atoms with Gasteiger partial charge in [0.25, 0.3) is 0 Å². The first-order valence-corrected chi connectivity index (χ1v) is 12.6. The molecule has 0 fully saturated rings. The molecule has 10 heteroatoms. The number of carbonyl (C=O) groups excluding carboxylic acids is 2. The number of hydrogen-bond donors (Lipinski definition) is 2. The van der Waals surface area contributed by atoms with Crippen LogP contribution in [-0.4, -0.2) is 39.4 Å². The van der Waals surface area contributed by atoms with Gasteiger partial charge < -0.3 is 19.9 Å². The standard InChI is InChI=1S/C27H24ClN5O3S/c1-33-26(19-9-12-21(13-10-19)29-24(34)15-8-18-6-4-3-5-7-18)31-32-27(33)37-17-25(35)30-22-16-20(28)11-14-23(22)36-2/h3-16H,17H2,1-2H3,(H,29,34)(H,30,35). The van der Waals surface area contributed by atoms with Crippen LogP contribution in [-0.2, 0) is 16.6 Å². The Morgan fingerprint density at radius 3 is 2.51 bits per heavy atom. The van der Waals surface area contributed by atoms with Gasteiger partial charge in [-0.05, 0) is 54.1 Å². The molecule has 1 aromatic heterocycles. The summed E-state index contributed by atoms with van der Waals surface area (Å²) >= 11 is 7.29. The molecule has 4 aromatic rings. The van der Waals surface area contributed by atoms with Crippen LogP contribution in [0.1, 0.15) is 5.56 Å². The van der Waals surface area contributed by atoms with Crippen molar-refractivity contribution in [3.05, 3.63) is 89.5 Å². The largest absolute Gasteiger partial charge is 0.495 e. The number of ether oxygens (including phenoxy) is 1. The molecular weight excluding hydrogens is 510 g/mol. The zero-order valence-electron chi connectivity index (χ0n) is 20.1. The zero-order chi connectivity index (χ0) is 26.2. The second-order valence-electron chi connectivity index (χ2n) is 7.86. The van der Waals surface area contributed by atoms with E-state index in [1.165, 1.54) is 24.9 Å². The molecule has 0 aliphatic carbocycles. The highest BCUT2D eigenvalue weighted by atomic mass is 35.5. The lowest BCUT2D eigenvalue weighted by Gasteiger charge is -2.10. The molecule has 37 heavy (non-hydrogen) atoms. The van der Waals surface area contributed by atoms with Crippen LogP contribution in [0.15, 0.2) is 84.0 Å². The van der Waals surface area contributed by atoms with Gasteiger partial charge in [-0.1, -0.05) is 53.7 Å². The van der Waals surface area contributed by atoms with Crippen molar-refractivity contribution in [1.82, 2.24) is 14.8 Å². The number of rotatable bonds is 9. The molecule has 2 amide bonds. The van der Waals surface area contributed by atoms with Crippen molar-refractivity contribution in [3.63, 3.8) is 0 Å². The molecular formula is C27H24ClN5O3S. The Morgan fingerprint density at radius 1 is 1.03 bits per heavy atom. The van der Waals surface area contributed by atoms with Gasteiger partial charge >= 0.3 is 0 Å². The van der Waals surface area contributed by atoms with Gasteiger partial charge in [0.2, 0.25) is 11.8 Å². The average Bonchev–Trinajstić information content (AvgIpc) is 3.27. The predicted octanol–water partition coefficient (Wildman–Crippen LogP) is 5.53. The van der Waals surface area contributed by atoms with E-state index >= 15 is 0 Å². The highest BCUT2D eigenvalue weighted by Gasteiger charge is 2.14. The fourth-order valence-electron chi connectivity index (χ4n) is 3.41. The molecule has 2 N–H and O–H groups in total. The predicted molar refractivity (Wildman–Crippen MR) is 148 cm³/mol. The minimum absolute atomic E-state index is 0.128. The highest BCUT2D eigenvalue weighted by Crippen LogP contribution is 2.28. The zero-order valence-corrected chi connectivity index (χ0v) is 21.7. The lowest BCUT2D eigenvalue weighted by molar-refractivity contribution is -0.114. The van der Waals surface area contributed by atoms with Crippen LogP contribution in [0.25, 0.3) is 17.5 Å². The lowest BCUT2D eigenvalue weighted by Crippen LogP contribution is -2.15. The third kappa shape index (κ3) is 6.99. The maximum atomic E-state index is 12.5. The monoisotopic (exact) mass is 533 g/mol. The fourth-order valence-corrected chi connectivity index (χ4v) is 4.29. The average molecular weight is 534 g/mol. The number of carbonyl (C=O) groups is 2. The van der Waals surface area contributed by atoms with Gasteiger partial charge in [0.15, 0.2) is 11.0 Å². The molecule has 188 valence electrons. The number of halogens is 1. The number of methoxy groups -OCH3 is 1. The van der Waals surface area contributed by atoms with E-state index in [1.54, 1.807) is 36.4 Å². The number of aromatic nitrogens is 3. The van der Waals surface area contributed by atoms with Crippen molar-refractivity contribution >= 4 is 52.6 Å². The molecule has 0 radical (unpaired) electrons. The Kier molecular flexibility index (Phi) is 8.60. The summed E-state index contributed by atoms with van der Waals surface area (Å²) in [7, 11) is 3.36. The molecule has 0 saturated carbocycles. The molecule has 0 saturated heterocycles. The van der Waals surface area contributed by atoms with Crippen LogP contribution < -0.4 is 15.4 Å². The highest BCUT2D eigenvalue weighted by molar-refractivity contribution is 7.99. The summed E-state index contributed by atoms with van der Waals surface area (Å²) in [6.45, 7) is 0. The Balaban J connectivity index is 1.34. The normalized spacial score (nSPS) is 10.9. The summed E-state index contributed by atoms with van der Waals surface area (Å²) in [5.74, 6) is 0.847. The number of anilines is 2. The van der Waals surface area contributed by atoms with Crippen molar-refractivity contribution in [2.45, 2.75) is 5.16 Å². The van der Waals surface area contributed by atoms with E-state index in [2.05, 4.69) is 20.8 Å². The van der Waals surface area contributed by atoms with Crippen molar-refractivity contribution in [3.8, 4) is 17.1 Å². The van der Waals surface area contributed by atoms with E-state index in [1.807, 2.05) is 54.1 Å². The van der Waals surface area contributed by atoms with Crippen molar-refractivity contribution < 1.29 is 14.3 Å². The summed E-state index contributed by atoms with van der Waals surface area (Å²) in [6.07, 6.45) is 3.25. The molecule has 0 aliphatic rings. The van der Waals surface area contributed by atoms with Gasteiger partial charge in [0.05, 0.1) is 18.6 Å². The first-order valence-electron chi connectivity index (χ1n) is 11.2. The smallest absolute Gasteiger partial charge is 0.248 e. The summed E-state index contributed by atoms with van der Waals surface area (Å²) < 4.78 is 7.08. The SMILES string of the molecule is COc1ccc(Cl)cc1NC(=O)CSc1nnc(-c2ccc(NC(=O)C=Cc3ccccc3)cc2)n1C. The number of amides is 2. The van der Waals surface area contributed by atoms with Crippen LogP contribution in [0, 0.1) is 0 Å². The van der Waals surface area contributed by atoms with E-state index in [9.17, 15) is 9.59 Å². The Hall–Kier alpha value is -4.08. The second-order valence-corrected chi connectivity index (χ2v) is 9.24. The molecule has 0 spiro atoms. The Labute approximate surface area is 223 Å². The van der Waals surface area contributed by atoms with Gasteiger partial charge in [-0.3, -0.25) is 9.59 Å². The molecule has 8 nitrogen and oxygen atoms in total. The maximum Gasteiger partial charge on any atom is 0.248 e. The number of hydrogen-bond acceptors (Lipinski definition) is 6. The van der Waals surface area contributed by atoms with E-state index < -0.39 is 0 Å². The lowest BCUT2D eigenvalue weighted by atomic mass is 10.2. The number of benzene rings is 3.